The van der Waals surface area contributed by atoms with Crippen LogP contribution in [-0.4, -0.2) is 72.1 Å². The highest BCUT2D eigenvalue weighted by atomic mass is 19.1. The molecule has 2 N–H and O–H groups in total. The summed E-state index contributed by atoms with van der Waals surface area (Å²) in [5, 5.41) is 14.4. The number of aromatic nitrogens is 3. The van der Waals surface area contributed by atoms with Crippen molar-refractivity contribution in [3.8, 4) is 0 Å². The van der Waals surface area contributed by atoms with Gasteiger partial charge in [0.1, 0.15) is 18.5 Å². The van der Waals surface area contributed by atoms with Crippen LogP contribution >= 0.6 is 0 Å². The molecule has 3 rings (SSSR count). The summed E-state index contributed by atoms with van der Waals surface area (Å²) in [5.74, 6) is 0.557. The lowest BCUT2D eigenvalue weighted by molar-refractivity contribution is 0.0170. The number of guanidine groups is 1. The first kappa shape index (κ1) is 21.2. The van der Waals surface area contributed by atoms with E-state index in [9.17, 15) is 4.39 Å². The third-order valence-corrected chi connectivity index (χ3v) is 5.03. The molecule has 29 heavy (non-hydrogen) atoms. The molecule has 8 nitrogen and oxygen atoms in total. The number of morpholine rings is 1. The fraction of sp³-hybridized carbons (Fsp3) is 0.550. The van der Waals surface area contributed by atoms with E-state index < -0.39 is 0 Å². The maximum Gasteiger partial charge on any atom is 0.191 e. The average molecular weight is 404 g/mol. The Morgan fingerprint density at radius 3 is 2.55 bits per heavy atom. The largest absolute Gasteiger partial charge is 0.379 e. The molecule has 1 saturated heterocycles. The van der Waals surface area contributed by atoms with Crippen LogP contribution in [0.5, 0.6) is 0 Å². The number of rotatable bonds is 9. The van der Waals surface area contributed by atoms with Crippen LogP contribution in [0.25, 0.3) is 0 Å². The lowest BCUT2D eigenvalue weighted by atomic mass is 10.0. The summed E-state index contributed by atoms with van der Waals surface area (Å²) >= 11 is 0. The number of nitrogens with zero attached hydrogens (tertiary/aromatic N) is 5. The van der Waals surface area contributed by atoms with Gasteiger partial charge in [-0.1, -0.05) is 12.1 Å². The second-order valence-electron chi connectivity index (χ2n) is 7.00. The minimum absolute atomic E-state index is 0.131. The van der Waals surface area contributed by atoms with E-state index in [1.54, 1.807) is 19.7 Å². The Morgan fingerprint density at radius 1 is 1.14 bits per heavy atom. The van der Waals surface area contributed by atoms with Crippen molar-refractivity contribution in [2.24, 2.45) is 4.99 Å². The second-order valence-corrected chi connectivity index (χ2v) is 7.00. The molecule has 1 atom stereocenters. The summed E-state index contributed by atoms with van der Waals surface area (Å²) in [6, 6.07) is 6.89. The molecule has 1 unspecified atom stereocenters. The van der Waals surface area contributed by atoms with Crippen LogP contribution in [0.15, 0.2) is 41.9 Å². The van der Waals surface area contributed by atoms with Crippen molar-refractivity contribution in [3.05, 3.63) is 48.3 Å². The minimum Gasteiger partial charge on any atom is -0.379 e. The van der Waals surface area contributed by atoms with Gasteiger partial charge in [-0.2, -0.15) is 0 Å². The van der Waals surface area contributed by atoms with E-state index in [4.69, 9.17) is 4.74 Å². The van der Waals surface area contributed by atoms with Gasteiger partial charge in [0.05, 0.1) is 19.3 Å². The van der Waals surface area contributed by atoms with Gasteiger partial charge in [0.15, 0.2) is 5.96 Å². The maximum absolute atomic E-state index is 13.4. The van der Waals surface area contributed by atoms with Crippen LogP contribution in [-0.2, 0) is 11.3 Å². The SMILES string of the molecule is CN=C(NCCCCn1cnnc1)NCC(c1ccc(F)cc1)N1CCOCC1. The van der Waals surface area contributed by atoms with Gasteiger partial charge in [-0.3, -0.25) is 9.89 Å². The van der Waals surface area contributed by atoms with Crippen molar-refractivity contribution < 1.29 is 9.13 Å². The zero-order chi connectivity index (χ0) is 20.3. The molecule has 0 radical (unpaired) electrons. The standard InChI is InChI=1S/C20H30FN7O/c1-22-20(23-8-2-3-9-27-15-25-26-16-27)24-14-19(28-10-12-29-13-11-28)17-4-6-18(21)7-5-17/h4-7,15-16,19H,2-3,8-14H2,1H3,(H2,22,23,24). The van der Waals surface area contributed by atoms with Gasteiger partial charge in [0.2, 0.25) is 0 Å². The summed E-state index contributed by atoms with van der Waals surface area (Å²) in [7, 11) is 1.77. The molecule has 0 bridgehead atoms. The van der Waals surface area contributed by atoms with E-state index >= 15 is 0 Å². The Labute approximate surface area is 171 Å². The molecule has 2 aromatic rings. The molecule has 0 amide bonds. The van der Waals surface area contributed by atoms with Crippen LogP contribution in [0.3, 0.4) is 0 Å². The van der Waals surface area contributed by atoms with E-state index in [0.717, 1.165) is 63.8 Å². The number of aliphatic imine (C=N–C) groups is 1. The molecule has 1 aliphatic heterocycles. The number of halogens is 1. The quantitative estimate of drug-likeness (QED) is 0.375. The van der Waals surface area contributed by atoms with Gasteiger partial charge >= 0.3 is 0 Å². The average Bonchev–Trinajstić information content (AvgIpc) is 3.27. The normalized spacial score (nSPS) is 16.6. The van der Waals surface area contributed by atoms with Crippen molar-refractivity contribution in [2.75, 3.05) is 46.4 Å². The predicted molar refractivity (Wildman–Crippen MR) is 110 cm³/mol. The smallest absolute Gasteiger partial charge is 0.191 e. The fourth-order valence-corrected chi connectivity index (χ4v) is 3.41. The zero-order valence-electron chi connectivity index (χ0n) is 16.9. The number of benzene rings is 1. The van der Waals surface area contributed by atoms with Crippen molar-refractivity contribution >= 4 is 5.96 Å². The monoisotopic (exact) mass is 403 g/mol. The fourth-order valence-electron chi connectivity index (χ4n) is 3.41. The summed E-state index contributed by atoms with van der Waals surface area (Å²) in [6.07, 6.45) is 5.52. The van der Waals surface area contributed by atoms with Crippen molar-refractivity contribution in [1.29, 1.82) is 0 Å². The molecule has 2 heterocycles. The van der Waals surface area contributed by atoms with Gasteiger partial charge in [-0.05, 0) is 30.5 Å². The van der Waals surface area contributed by atoms with Gasteiger partial charge < -0.3 is 19.9 Å². The van der Waals surface area contributed by atoms with E-state index in [2.05, 4.69) is 30.7 Å². The maximum atomic E-state index is 13.4. The molecular weight excluding hydrogens is 373 g/mol. The lowest BCUT2D eigenvalue weighted by Gasteiger charge is -2.35. The number of unbranched alkanes of at least 4 members (excludes halogenated alkanes) is 1. The van der Waals surface area contributed by atoms with Crippen molar-refractivity contribution in [1.82, 2.24) is 30.3 Å². The molecule has 1 aromatic heterocycles. The molecule has 158 valence electrons. The molecule has 1 aromatic carbocycles. The highest BCUT2D eigenvalue weighted by Crippen LogP contribution is 2.21. The molecule has 0 saturated carbocycles. The Bertz CT molecular complexity index is 730. The van der Waals surface area contributed by atoms with E-state index in [0.29, 0.717) is 6.54 Å². The number of nitrogens with one attached hydrogen (secondary N) is 2. The van der Waals surface area contributed by atoms with E-state index in [-0.39, 0.29) is 11.9 Å². The van der Waals surface area contributed by atoms with Gasteiger partial charge in [-0.25, -0.2) is 4.39 Å². The third-order valence-electron chi connectivity index (χ3n) is 5.03. The molecule has 0 spiro atoms. The van der Waals surface area contributed by atoms with Crippen LogP contribution in [0.1, 0.15) is 24.4 Å². The van der Waals surface area contributed by atoms with Gasteiger partial charge in [0, 0.05) is 39.8 Å². The van der Waals surface area contributed by atoms with E-state index in [1.807, 2.05) is 16.7 Å². The second kappa shape index (κ2) is 11.5. The first-order chi connectivity index (χ1) is 14.3. The number of hydrogen-bond donors (Lipinski definition) is 2. The molecule has 1 fully saturated rings. The number of ether oxygens (including phenoxy) is 1. The van der Waals surface area contributed by atoms with Crippen LogP contribution in [0.4, 0.5) is 4.39 Å². The van der Waals surface area contributed by atoms with E-state index in [1.165, 1.54) is 12.1 Å². The van der Waals surface area contributed by atoms with Crippen LogP contribution in [0, 0.1) is 5.82 Å². The van der Waals surface area contributed by atoms with Crippen molar-refractivity contribution in [2.45, 2.75) is 25.4 Å². The zero-order valence-corrected chi connectivity index (χ0v) is 16.9. The Morgan fingerprint density at radius 2 is 1.86 bits per heavy atom. The minimum atomic E-state index is -0.216. The summed E-state index contributed by atoms with van der Waals surface area (Å²) < 4.78 is 20.8. The van der Waals surface area contributed by atoms with Crippen molar-refractivity contribution in [3.63, 3.8) is 0 Å². The van der Waals surface area contributed by atoms with Crippen LogP contribution < -0.4 is 10.6 Å². The topological polar surface area (TPSA) is 79.6 Å². The highest BCUT2D eigenvalue weighted by Gasteiger charge is 2.23. The first-order valence-electron chi connectivity index (χ1n) is 10.1. The number of hydrogen-bond acceptors (Lipinski definition) is 5. The van der Waals surface area contributed by atoms with Crippen LogP contribution in [0.2, 0.25) is 0 Å². The molecule has 9 heteroatoms. The van der Waals surface area contributed by atoms with Gasteiger partial charge in [-0.15, -0.1) is 10.2 Å². The molecular formula is C20H30FN7O. The number of aryl methyl sites for hydroxylation is 1. The summed E-state index contributed by atoms with van der Waals surface area (Å²) in [6.45, 7) is 5.59. The summed E-state index contributed by atoms with van der Waals surface area (Å²) in [4.78, 5) is 6.70. The summed E-state index contributed by atoms with van der Waals surface area (Å²) in [5.41, 5.74) is 1.09. The first-order valence-corrected chi connectivity index (χ1v) is 10.1. The van der Waals surface area contributed by atoms with Gasteiger partial charge in [0.25, 0.3) is 0 Å². The molecule has 1 aliphatic rings. The Hall–Kier alpha value is -2.52. The Balaban J connectivity index is 1.48. The predicted octanol–water partition coefficient (Wildman–Crippen LogP) is 1.44. The highest BCUT2D eigenvalue weighted by molar-refractivity contribution is 5.79. The third kappa shape index (κ3) is 6.79. The molecule has 0 aliphatic carbocycles. The Kier molecular flexibility index (Phi) is 8.39. The lowest BCUT2D eigenvalue weighted by Crippen LogP contribution is -2.46.